The Kier molecular flexibility index (Phi) is 3.48. The van der Waals surface area contributed by atoms with Crippen LogP contribution in [0.1, 0.15) is 25.1 Å². The van der Waals surface area contributed by atoms with E-state index in [0.29, 0.717) is 17.0 Å². The maximum absolute atomic E-state index is 13.6. The molecule has 0 radical (unpaired) electrons. The summed E-state index contributed by atoms with van der Waals surface area (Å²) in [5.74, 6) is 5.79. The molecule has 0 aliphatic rings. The Balaban J connectivity index is 2.63. The van der Waals surface area contributed by atoms with Crippen molar-refractivity contribution in [1.29, 1.82) is 0 Å². The van der Waals surface area contributed by atoms with Crippen molar-refractivity contribution < 1.29 is 4.39 Å². The van der Waals surface area contributed by atoms with Crippen LogP contribution in [-0.2, 0) is 6.42 Å². The number of hydrogen-bond acceptors (Lipinski definition) is 3. The van der Waals surface area contributed by atoms with E-state index < -0.39 is 0 Å². The van der Waals surface area contributed by atoms with Gasteiger partial charge >= 0.3 is 0 Å². The number of pyridine rings is 1. The third kappa shape index (κ3) is 2.43. The Morgan fingerprint density at radius 3 is 2.67 bits per heavy atom. The smallest absolute Gasteiger partial charge is 0.128 e. The molecular weight excluding hydrogens is 229 g/mol. The highest BCUT2D eigenvalue weighted by Crippen LogP contribution is 2.26. The molecule has 0 unspecified atom stereocenters. The zero-order chi connectivity index (χ0) is 13.3. The standard InChI is InChI=1S/C14H18FN3/c1-8(2)4-10-6-14(18-16)11-5-9(3)12(15)7-13(11)17-10/h5-8H,4,16H2,1-3H3,(H,17,18). The highest BCUT2D eigenvalue weighted by Gasteiger charge is 2.09. The first-order chi connectivity index (χ1) is 8.51. The fraction of sp³-hybridized carbons (Fsp3) is 0.357. The van der Waals surface area contributed by atoms with Gasteiger partial charge < -0.3 is 5.43 Å². The van der Waals surface area contributed by atoms with Gasteiger partial charge in [-0.15, -0.1) is 0 Å². The van der Waals surface area contributed by atoms with Gasteiger partial charge in [-0.05, 0) is 37.0 Å². The van der Waals surface area contributed by atoms with Crippen LogP contribution in [0, 0.1) is 18.7 Å². The first kappa shape index (κ1) is 12.8. The fourth-order valence-corrected chi connectivity index (χ4v) is 2.05. The third-order valence-corrected chi connectivity index (χ3v) is 2.92. The van der Waals surface area contributed by atoms with Gasteiger partial charge in [-0.2, -0.15) is 0 Å². The molecule has 3 nitrogen and oxygen atoms in total. The summed E-state index contributed by atoms with van der Waals surface area (Å²) >= 11 is 0. The summed E-state index contributed by atoms with van der Waals surface area (Å²) in [6, 6.07) is 5.17. The van der Waals surface area contributed by atoms with E-state index in [1.54, 1.807) is 13.0 Å². The molecule has 0 saturated heterocycles. The number of rotatable bonds is 3. The third-order valence-electron chi connectivity index (χ3n) is 2.92. The van der Waals surface area contributed by atoms with Gasteiger partial charge in [0.2, 0.25) is 0 Å². The molecule has 4 heteroatoms. The van der Waals surface area contributed by atoms with Crippen molar-refractivity contribution >= 4 is 16.6 Å². The largest absolute Gasteiger partial charge is 0.323 e. The van der Waals surface area contributed by atoms with E-state index in [0.717, 1.165) is 23.2 Å². The first-order valence-corrected chi connectivity index (χ1v) is 6.07. The van der Waals surface area contributed by atoms with Crippen LogP contribution in [0.3, 0.4) is 0 Å². The second kappa shape index (κ2) is 4.90. The Labute approximate surface area is 106 Å². The maximum atomic E-state index is 13.6. The molecule has 0 saturated carbocycles. The lowest BCUT2D eigenvalue weighted by molar-refractivity contribution is 0.619. The molecule has 0 spiro atoms. The topological polar surface area (TPSA) is 50.9 Å². The predicted octanol–water partition coefficient (Wildman–Crippen LogP) is 3.17. The summed E-state index contributed by atoms with van der Waals surface area (Å²) in [7, 11) is 0. The van der Waals surface area contributed by atoms with E-state index in [1.165, 1.54) is 6.07 Å². The van der Waals surface area contributed by atoms with E-state index in [9.17, 15) is 4.39 Å². The molecule has 3 N–H and O–H groups in total. The van der Waals surface area contributed by atoms with Crippen LogP contribution in [0.2, 0.25) is 0 Å². The highest BCUT2D eigenvalue weighted by atomic mass is 19.1. The van der Waals surface area contributed by atoms with Crippen molar-refractivity contribution in [3.8, 4) is 0 Å². The van der Waals surface area contributed by atoms with Gasteiger partial charge in [-0.25, -0.2) is 4.39 Å². The number of aromatic nitrogens is 1. The summed E-state index contributed by atoms with van der Waals surface area (Å²) in [4.78, 5) is 4.49. The van der Waals surface area contributed by atoms with Crippen molar-refractivity contribution in [1.82, 2.24) is 4.98 Å². The van der Waals surface area contributed by atoms with Crippen LogP contribution in [0.4, 0.5) is 10.1 Å². The highest BCUT2D eigenvalue weighted by molar-refractivity contribution is 5.91. The molecule has 0 bridgehead atoms. The Bertz CT molecular complexity index is 579. The molecule has 2 aromatic rings. The van der Waals surface area contributed by atoms with Crippen molar-refractivity contribution in [2.45, 2.75) is 27.2 Å². The number of nitrogens with zero attached hydrogens (tertiary/aromatic N) is 1. The van der Waals surface area contributed by atoms with E-state index in [4.69, 9.17) is 5.84 Å². The van der Waals surface area contributed by atoms with Crippen LogP contribution >= 0.6 is 0 Å². The molecule has 0 aliphatic carbocycles. The quantitative estimate of drug-likeness (QED) is 0.647. The fourth-order valence-electron chi connectivity index (χ4n) is 2.05. The zero-order valence-corrected chi connectivity index (χ0v) is 10.9. The Morgan fingerprint density at radius 1 is 1.33 bits per heavy atom. The van der Waals surface area contributed by atoms with Crippen LogP contribution in [0.15, 0.2) is 18.2 Å². The molecule has 1 heterocycles. The molecule has 1 aromatic carbocycles. The minimum atomic E-state index is -0.236. The number of aryl methyl sites for hydroxylation is 1. The van der Waals surface area contributed by atoms with Gasteiger partial charge in [0, 0.05) is 17.1 Å². The van der Waals surface area contributed by atoms with Crippen molar-refractivity contribution in [2.24, 2.45) is 11.8 Å². The second-order valence-corrected chi connectivity index (χ2v) is 5.02. The number of halogens is 1. The van der Waals surface area contributed by atoms with Gasteiger partial charge in [0.15, 0.2) is 0 Å². The monoisotopic (exact) mass is 247 g/mol. The van der Waals surface area contributed by atoms with E-state index in [-0.39, 0.29) is 5.82 Å². The van der Waals surface area contributed by atoms with Gasteiger partial charge in [0.25, 0.3) is 0 Å². The average molecular weight is 247 g/mol. The first-order valence-electron chi connectivity index (χ1n) is 6.07. The number of nitrogens with two attached hydrogens (primary N) is 1. The van der Waals surface area contributed by atoms with Gasteiger partial charge in [-0.1, -0.05) is 13.8 Å². The molecule has 2 rings (SSSR count). The summed E-state index contributed by atoms with van der Waals surface area (Å²) in [6.45, 7) is 5.98. The van der Waals surface area contributed by atoms with Crippen molar-refractivity contribution in [3.05, 3.63) is 35.3 Å². The lowest BCUT2D eigenvalue weighted by atomic mass is 10.0. The van der Waals surface area contributed by atoms with Crippen LogP contribution in [-0.4, -0.2) is 4.98 Å². The van der Waals surface area contributed by atoms with E-state index in [1.807, 2.05) is 6.07 Å². The van der Waals surface area contributed by atoms with E-state index >= 15 is 0 Å². The Morgan fingerprint density at radius 2 is 2.06 bits per heavy atom. The number of hydrazine groups is 1. The number of fused-ring (bicyclic) bond motifs is 1. The van der Waals surface area contributed by atoms with Gasteiger partial charge in [-0.3, -0.25) is 10.8 Å². The van der Waals surface area contributed by atoms with Crippen LogP contribution in [0.5, 0.6) is 0 Å². The lowest BCUT2D eigenvalue weighted by Crippen LogP contribution is -2.09. The minimum Gasteiger partial charge on any atom is -0.323 e. The van der Waals surface area contributed by atoms with E-state index in [2.05, 4.69) is 24.3 Å². The number of benzene rings is 1. The summed E-state index contributed by atoms with van der Waals surface area (Å²) in [5.41, 5.74) is 5.62. The predicted molar refractivity (Wildman–Crippen MR) is 72.8 cm³/mol. The minimum absolute atomic E-state index is 0.236. The van der Waals surface area contributed by atoms with Crippen LogP contribution < -0.4 is 11.3 Å². The molecular formula is C14H18FN3. The van der Waals surface area contributed by atoms with Crippen molar-refractivity contribution in [3.63, 3.8) is 0 Å². The second-order valence-electron chi connectivity index (χ2n) is 5.02. The van der Waals surface area contributed by atoms with Crippen LogP contribution in [0.25, 0.3) is 10.9 Å². The molecule has 18 heavy (non-hydrogen) atoms. The molecule has 0 aliphatic heterocycles. The number of nitrogen functional groups attached to an aromatic ring is 1. The zero-order valence-electron chi connectivity index (χ0n) is 10.9. The SMILES string of the molecule is Cc1cc2c(NN)cc(CC(C)C)nc2cc1F. The molecule has 96 valence electrons. The van der Waals surface area contributed by atoms with Gasteiger partial charge in [0.05, 0.1) is 11.2 Å². The summed E-state index contributed by atoms with van der Waals surface area (Å²) in [5, 5.41) is 0.851. The number of anilines is 1. The maximum Gasteiger partial charge on any atom is 0.128 e. The molecule has 0 atom stereocenters. The molecule has 0 amide bonds. The van der Waals surface area contributed by atoms with Gasteiger partial charge in [0.1, 0.15) is 5.82 Å². The molecule has 0 fully saturated rings. The normalized spacial score (nSPS) is 11.2. The summed E-state index contributed by atoms with van der Waals surface area (Å²) < 4.78 is 13.6. The summed E-state index contributed by atoms with van der Waals surface area (Å²) in [6.07, 6.45) is 0.847. The van der Waals surface area contributed by atoms with Crippen molar-refractivity contribution in [2.75, 3.05) is 5.43 Å². The lowest BCUT2D eigenvalue weighted by Gasteiger charge is -2.11. The number of hydrogen-bond donors (Lipinski definition) is 2. The Hall–Kier alpha value is -1.68. The molecule has 1 aromatic heterocycles. The average Bonchev–Trinajstić information content (AvgIpc) is 2.29. The number of nitrogens with one attached hydrogen (secondary N) is 1.